The molecule has 0 aliphatic heterocycles. The average Bonchev–Trinajstić information content (AvgIpc) is 2.78. The Morgan fingerprint density at radius 1 is 1.06 bits per heavy atom. The van der Waals surface area contributed by atoms with E-state index in [1.54, 1.807) is 12.1 Å². The van der Waals surface area contributed by atoms with E-state index in [2.05, 4.69) is 58.8 Å². The van der Waals surface area contributed by atoms with Crippen LogP contribution >= 0.6 is 0 Å². The van der Waals surface area contributed by atoms with Gasteiger partial charge in [-0.25, -0.2) is 4.99 Å². The van der Waals surface area contributed by atoms with Crippen molar-refractivity contribution in [2.24, 2.45) is 4.99 Å². The lowest BCUT2D eigenvalue weighted by molar-refractivity contribution is 0.238. The first kappa shape index (κ1) is 24.3. The highest BCUT2D eigenvalue weighted by molar-refractivity contribution is 5.79. The van der Waals surface area contributed by atoms with Gasteiger partial charge in [0.15, 0.2) is 17.5 Å². The molecule has 0 aliphatic carbocycles. The molecule has 2 rings (SSSR count). The van der Waals surface area contributed by atoms with Crippen LogP contribution < -0.4 is 20.1 Å². The zero-order chi connectivity index (χ0) is 22.6. The SMILES string of the molecule is CCNC(=NCc1cc(OC)c(O)c(OC)c1)NCCC(C)N(C)Cc1ccccc1. The number of ether oxygens (including phenoxy) is 2. The van der Waals surface area contributed by atoms with Crippen LogP contribution in [0.5, 0.6) is 17.2 Å². The number of nitrogens with zero attached hydrogens (tertiary/aromatic N) is 2. The number of phenolic OH excluding ortho intramolecular Hbond substituents is 1. The first-order valence-electron chi connectivity index (χ1n) is 10.7. The third-order valence-electron chi connectivity index (χ3n) is 5.19. The number of nitrogens with one attached hydrogen (secondary N) is 2. The largest absolute Gasteiger partial charge is 0.502 e. The van der Waals surface area contributed by atoms with Crippen LogP contribution in [0, 0.1) is 0 Å². The predicted molar refractivity (Wildman–Crippen MR) is 126 cm³/mol. The average molecular weight is 429 g/mol. The van der Waals surface area contributed by atoms with Gasteiger partial charge in [0, 0.05) is 25.7 Å². The van der Waals surface area contributed by atoms with E-state index < -0.39 is 0 Å². The van der Waals surface area contributed by atoms with Crippen molar-refractivity contribution in [3.05, 3.63) is 53.6 Å². The Hall–Kier alpha value is -2.93. The fourth-order valence-electron chi connectivity index (χ4n) is 3.20. The number of hydrogen-bond acceptors (Lipinski definition) is 5. The summed E-state index contributed by atoms with van der Waals surface area (Å²) in [5, 5.41) is 16.8. The van der Waals surface area contributed by atoms with Crippen molar-refractivity contribution in [1.29, 1.82) is 0 Å². The first-order valence-corrected chi connectivity index (χ1v) is 10.7. The van der Waals surface area contributed by atoms with Gasteiger partial charge in [-0.05, 0) is 50.6 Å². The number of aliphatic imine (C=N–C) groups is 1. The molecule has 1 atom stereocenters. The molecule has 3 N–H and O–H groups in total. The molecule has 31 heavy (non-hydrogen) atoms. The number of methoxy groups -OCH3 is 2. The maximum Gasteiger partial charge on any atom is 0.200 e. The highest BCUT2D eigenvalue weighted by atomic mass is 16.5. The Labute approximate surface area is 186 Å². The standard InChI is InChI=1S/C24H36N4O3/c1-6-25-24(27-16-20-14-21(30-4)23(29)22(15-20)31-5)26-13-12-18(2)28(3)17-19-10-8-7-9-11-19/h7-11,14-15,18,29H,6,12-13,16-17H2,1-5H3,(H2,25,26,27). The van der Waals surface area contributed by atoms with E-state index in [4.69, 9.17) is 9.47 Å². The van der Waals surface area contributed by atoms with Crippen LogP contribution in [-0.2, 0) is 13.1 Å². The number of hydrogen-bond donors (Lipinski definition) is 3. The normalized spacial score (nSPS) is 12.5. The van der Waals surface area contributed by atoms with E-state index in [-0.39, 0.29) is 5.75 Å². The second-order valence-electron chi connectivity index (χ2n) is 7.51. The molecule has 0 aliphatic rings. The van der Waals surface area contributed by atoms with Crippen LogP contribution in [0.4, 0.5) is 0 Å². The number of rotatable bonds is 11. The summed E-state index contributed by atoms with van der Waals surface area (Å²) in [6, 6.07) is 14.5. The Balaban J connectivity index is 1.91. The Bertz CT molecular complexity index is 802. The fourth-order valence-corrected chi connectivity index (χ4v) is 3.20. The molecule has 7 nitrogen and oxygen atoms in total. The van der Waals surface area contributed by atoms with E-state index in [1.165, 1.54) is 19.8 Å². The molecular weight excluding hydrogens is 392 g/mol. The van der Waals surface area contributed by atoms with Crippen LogP contribution in [0.3, 0.4) is 0 Å². The third kappa shape index (κ3) is 7.68. The summed E-state index contributed by atoms with van der Waals surface area (Å²) in [6.45, 7) is 7.24. The van der Waals surface area contributed by atoms with Crippen molar-refractivity contribution in [3.63, 3.8) is 0 Å². The minimum atomic E-state index is -0.00336. The monoisotopic (exact) mass is 428 g/mol. The minimum Gasteiger partial charge on any atom is -0.502 e. The van der Waals surface area contributed by atoms with Gasteiger partial charge in [-0.1, -0.05) is 30.3 Å². The topological polar surface area (TPSA) is 78.4 Å². The maximum atomic E-state index is 10.1. The Morgan fingerprint density at radius 3 is 2.29 bits per heavy atom. The molecule has 0 amide bonds. The number of phenols is 1. The predicted octanol–water partition coefficient (Wildman–Crippen LogP) is 3.38. The number of aromatic hydroxyl groups is 1. The fraction of sp³-hybridized carbons (Fsp3) is 0.458. The van der Waals surface area contributed by atoms with Crippen molar-refractivity contribution >= 4 is 5.96 Å². The van der Waals surface area contributed by atoms with Crippen LogP contribution in [-0.4, -0.2) is 56.4 Å². The molecule has 0 saturated heterocycles. The molecule has 0 spiro atoms. The summed E-state index contributed by atoms with van der Waals surface area (Å²) in [6.07, 6.45) is 0.995. The molecule has 7 heteroatoms. The molecule has 2 aromatic rings. The Morgan fingerprint density at radius 2 is 1.71 bits per heavy atom. The second-order valence-corrected chi connectivity index (χ2v) is 7.51. The minimum absolute atomic E-state index is 0.00336. The smallest absolute Gasteiger partial charge is 0.200 e. The molecule has 0 heterocycles. The van der Waals surface area contributed by atoms with Gasteiger partial charge in [0.2, 0.25) is 5.75 Å². The van der Waals surface area contributed by atoms with E-state index >= 15 is 0 Å². The van der Waals surface area contributed by atoms with E-state index in [0.29, 0.717) is 24.1 Å². The molecule has 170 valence electrons. The van der Waals surface area contributed by atoms with Crippen LogP contribution in [0.15, 0.2) is 47.5 Å². The Kier molecular flexibility index (Phi) is 9.97. The number of guanidine groups is 1. The van der Waals surface area contributed by atoms with Crippen molar-refractivity contribution in [3.8, 4) is 17.2 Å². The lowest BCUT2D eigenvalue weighted by atomic mass is 10.1. The summed E-state index contributed by atoms with van der Waals surface area (Å²) in [5.41, 5.74) is 2.21. The highest BCUT2D eigenvalue weighted by Crippen LogP contribution is 2.37. The molecule has 0 fully saturated rings. The van der Waals surface area contributed by atoms with Gasteiger partial charge >= 0.3 is 0 Å². The summed E-state index contributed by atoms with van der Waals surface area (Å²) >= 11 is 0. The van der Waals surface area contributed by atoms with E-state index in [0.717, 1.165) is 37.6 Å². The van der Waals surface area contributed by atoms with Crippen LogP contribution in [0.2, 0.25) is 0 Å². The summed E-state index contributed by atoms with van der Waals surface area (Å²) in [7, 11) is 5.19. The zero-order valence-electron chi connectivity index (χ0n) is 19.3. The van der Waals surface area contributed by atoms with Gasteiger partial charge < -0.3 is 25.2 Å². The van der Waals surface area contributed by atoms with Gasteiger partial charge in [0.1, 0.15) is 0 Å². The van der Waals surface area contributed by atoms with Crippen molar-refractivity contribution in [1.82, 2.24) is 15.5 Å². The maximum absolute atomic E-state index is 10.1. The van der Waals surface area contributed by atoms with Gasteiger partial charge in [-0.2, -0.15) is 0 Å². The van der Waals surface area contributed by atoms with Gasteiger partial charge in [0.25, 0.3) is 0 Å². The molecule has 0 saturated carbocycles. The summed E-state index contributed by atoms with van der Waals surface area (Å²) in [4.78, 5) is 7.02. The first-order chi connectivity index (χ1) is 15.0. The van der Waals surface area contributed by atoms with Gasteiger partial charge in [-0.15, -0.1) is 0 Å². The van der Waals surface area contributed by atoms with E-state index in [9.17, 15) is 5.11 Å². The van der Waals surface area contributed by atoms with Gasteiger partial charge in [0.05, 0.1) is 20.8 Å². The quantitative estimate of drug-likeness (QED) is 0.376. The highest BCUT2D eigenvalue weighted by Gasteiger charge is 2.12. The van der Waals surface area contributed by atoms with Crippen molar-refractivity contribution in [2.75, 3.05) is 34.4 Å². The zero-order valence-corrected chi connectivity index (χ0v) is 19.3. The number of benzene rings is 2. The summed E-state index contributed by atoms with van der Waals surface area (Å²) < 4.78 is 10.4. The van der Waals surface area contributed by atoms with E-state index in [1.807, 2.05) is 13.0 Å². The lowest BCUT2D eigenvalue weighted by Gasteiger charge is -2.25. The molecule has 0 aromatic heterocycles. The molecule has 2 aromatic carbocycles. The van der Waals surface area contributed by atoms with Crippen molar-refractivity contribution < 1.29 is 14.6 Å². The molecule has 1 unspecified atom stereocenters. The third-order valence-corrected chi connectivity index (χ3v) is 5.19. The van der Waals surface area contributed by atoms with Crippen molar-refractivity contribution in [2.45, 2.75) is 39.4 Å². The van der Waals surface area contributed by atoms with Gasteiger partial charge in [-0.3, -0.25) is 4.90 Å². The second kappa shape index (κ2) is 12.7. The molecule has 0 radical (unpaired) electrons. The summed E-state index contributed by atoms with van der Waals surface area (Å²) in [5.74, 6) is 1.50. The molecular formula is C24H36N4O3. The lowest BCUT2D eigenvalue weighted by Crippen LogP contribution is -2.40. The van der Waals surface area contributed by atoms with Crippen LogP contribution in [0.1, 0.15) is 31.4 Å². The van der Waals surface area contributed by atoms with Crippen LogP contribution in [0.25, 0.3) is 0 Å². The molecule has 0 bridgehead atoms.